The molecular formula is C13H12ClF3O3. The van der Waals surface area contributed by atoms with Crippen molar-refractivity contribution < 1.29 is 27.8 Å². The van der Waals surface area contributed by atoms with Crippen LogP contribution in [-0.2, 0) is 21.1 Å². The molecule has 110 valence electrons. The van der Waals surface area contributed by atoms with E-state index < -0.39 is 28.1 Å². The summed E-state index contributed by atoms with van der Waals surface area (Å²) in [4.78, 5) is 11.6. The van der Waals surface area contributed by atoms with Gasteiger partial charge >= 0.3 is 12.1 Å². The maximum Gasteiger partial charge on any atom is 0.417 e. The summed E-state index contributed by atoms with van der Waals surface area (Å²) < 4.78 is 43.7. The van der Waals surface area contributed by atoms with Crippen LogP contribution in [0.15, 0.2) is 18.2 Å². The number of carboxylic acids is 1. The van der Waals surface area contributed by atoms with Crippen LogP contribution >= 0.6 is 11.6 Å². The molecule has 0 spiro atoms. The van der Waals surface area contributed by atoms with Crippen LogP contribution in [0.5, 0.6) is 0 Å². The van der Waals surface area contributed by atoms with Crippen molar-refractivity contribution in [3.63, 3.8) is 0 Å². The Balaban J connectivity index is 2.53. The standard InChI is InChI=1S/C13H12ClF3O3/c14-10-2-1-8(7-9(10)13(15,16)17)12(11(18)19)3-5-20-6-4-12/h1-2,7H,3-6H2,(H,18,19). The fourth-order valence-electron chi connectivity index (χ4n) is 2.39. The highest BCUT2D eigenvalue weighted by Gasteiger charge is 2.43. The Kier molecular flexibility index (Phi) is 3.97. The zero-order valence-electron chi connectivity index (χ0n) is 10.3. The van der Waals surface area contributed by atoms with Gasteiger partial charge in [0.1, 0.15) is 0 Å². The highest BCUT2D eigenvalue weighted by atomic mass is 35.5. The second-order valence-corrected chi connectivity index (χ2v) is 5.10. The van der Waals surface area contributed by atoms with E-state index in [4.69, 9.17) is 16.3 Å². The molecule has 0 saturated carbocycles. The van der Waals surface area contributed by atoms with E-state index >= 15 is 0 Å². The van der Waals surface area contributed by atoms with Crippen molar-refractivity contribution >= 4 is 17.6 Å². The number of hydrogen-bond acceptors (Lipinski definition) is 2. The fourth-order valence-corrected chi connectivity index (χ4v) is 2.61. The van der Waals surface area contributed by atoms with Crippen LogP contribution in [0.2, 0.25) is 5.02 Å². The molecule has 20 heavy (non-hydrogen) atoms. The van der Waals surface area contributed by atoms with Crippen molar-refractivity contribution in [1.82, 2.24) is 0 Å². The number of benzene rings is 1. The minimum Gasteiger partial charge on any atom is -0.481 e. The molecule has 1 aliphatic heterocycles. The lowest BCUT2D eigenvalue weighted by molar-refractivity contribution is -0.148. The summed E-state index contributed by atoms with van der Waals surface area (Å²) in [6, 6.07) is 3.28. The number of hydrogen-bond donors (Lipinski definition) is 1. The number of alkyl halides is 3. The molecular weight excluding hydrogens is 297 g/mol. The third-order valence-corrected chi connectivity index (χ3v) is 3.91. The lowest BCUT2D eigenvalue weighted by Gasteiger charge is -2.34. The lowest BCUT2D eigenvalue weighted by Crippen LogP contribution is -2.41. The van der Waals surface area contributed by atoms with E-state index in [1.54, 1.807) is 0 Å². The molecule has 1 heterocycles. The van der Waals surface area contributed by atoms with E-state index in [2.05, 4.69) is 0 Å². The Bertz CT molecular complexity index is 522. The smallest absolute Gasteiger partial charge is 0.417 e. The molecule has 0 bridgehead atoms. The molecule has 7 heteroatoms. The molecule has 1 aromatic carbocycles. The second kappa shape index (κ2) is 5.26. The van der Waals surface area contributed by atoms with Gasteiger partial charge in [-0.1, -0.05) is 17.7 Å². The highest BCUT2D eigenvalue weighted by Crippen LogP contribution is 2.41. The van der Waals surface area contributed by atoms with E-state index in [-0.39, 0.29) is 31.6 Å². The number of carboxylic acid groups (broad SMARTS) is 1. The summed E-state index contributed by atoms with van der Waals surface area (Å²) in [6.07, 6.45) is -4.33. The van der Waals surface area contributed by atoms with Crippen LogP contribution in [0.25, 0.3) is 0 Å². The summed E-state index contributed by atoms with van der Waals surface area (Å²) in [5, 5.41) is 9.00. The zero-order valence-corrected chi connectivity index (χ0v) is 11.1. The predicted molar refractivity (Wildman–Crippen MR) is 65.8 cm³/mol. The number of carbonyl (C=O) groups is 1. The first kappa shape index (κ1) is 15.1. The van der Waals surface area contributed by atoms with Crippen molar-refractivity contribution in [2.24, 2.45) is 0 Å². The Morgan fingerprint density at radius 3 is 2.40 bits per heavy atom. The van der Waals surface area contributed by atoms with Gasteiger partial charge in [-0.2, -0.15) is 13.2 Å². The van der Waals surface area contributed by atoms with Gasteiger partial charge in [-0.15, -0.1) is 0 Å². The molecule has 1 saturated heterocycles. The molecule has 0 aromatic heterocycles. The van der Waals surface area contributed by atoms with Crippen LogP contribution in [0, 0.1) is 0 Å². The Hall–Kier alpha value is -1.27. The van der Waals surface area contributed by atoms with Crippen LogP contribution in [0.1, 0.15) is 24.0 Å². The average Bonchev–Trinajstić information content (AvgIpc) is 2.38. The number of rotatable bonds is 2. The first-order chi connectivity index (χ1) is 9.27. The molecule has 3 nitrogen and oxygen atoms in total. The number of aliphatic carboxylic acids is 1. The SMILES string of the molecule is O=C(O)C1(c2ccc(Cl)c(C(F)(F)F)c2)CCOCC1. The van der Waals surface area contributed by atoms with E-state index in [0.717, 1.165) is 12.1 Å². The average molecular weight is 309 g/mol. The summed E-state index contributed by atoms with van der Waals surface area (Å²) in [7, 11) is 0. The lowest BCUT2D eigenvalue weighted by atomic mass is 9.74. The normalized spacial score (nSPS) is 18.8. The highest BCUT2D eigenvalue weighted by molar-refractivity contribution is 6.31. The van der Waals surface area contributed by atoms with Gasteiger partial charge in [0, 0.05) is 13.2 Å². The molecule has 0 radical (unpaired) electrons. The van der Waals surface area contributed by atoms with Crippen LogP contribution in [-0.4, -0.2) is 24.3 Å². The summed E-state index contributed by atoms with van der Waals surface area (Å²) in [6.45, 7) is 0.409. The van der Waals surface area contributed by atoms with E-state index in [9.17, 15) is 23.1 Å². The zero-order chi connectivity index (χ0) is 15.0. The molecule has 0 unspecified atom stereocenters. The maximum atomic E-state index is 12.9. The van der Waals surface area contributed by atoms with E-state index in [1.807, 2.05) is 0 Å². The molecule has 1 aromatic rings. The molecule has 0 amide bonds. The molecule has 0 aliphatic carbocycles. The van der Waals surface area contributed by atoms with Crippen molar-refractivity contribution in [3.8, 4) is 0 Å². The summed E-state index contributed by atoms with van der Waals surface area (Å²) >= 11 is 5.55. The van der Waals surface area contributed by atoms with E-state index in [1.165, 1.54) is 6.07 Å². The molecule has 0 atom stereocenters. The van der Waals surface area contributed by atoms with Crippen LogP contribution in [0.3, 0.4) is 0 Å². The van der Waals surface area contributed by atoms with Crippen molar-refractivity contribution in [2.45, 2.75) is 24.4 Å². The van der Waals surface area contributed by atoms with Gasteiger partial charge in [-0.05, 0) is 30.5 Å². The van der Waals surface area contributed by atoms with Gasteiger partial charge in [0.2, 0.25) is 0 Å². The van der Waals surface area contributed by atoms with Crippen molar-refractivity contribution in [2.75, 3.05) is 13.2 Å². The molecule has 1 aliphatic rings. The Morgan fingerprint density at radius 1 is 1.30 bits per heavy atom. The van der Waals surface area contributed by atoms with Crippen molar-refractivity contribution in [3.05, 3.63) is 34.3 Å². The van der Waals surface area contributed by atoms with Gasteiger partial charge < -0.3 is 9.84 Å². The van der Waals surface area contributed by atoms with Gasteiger partial charge in [-0.25, -0.2) is 0 Å². The fraction of sp³-hybridized carbons (Fsp3) is 0.462. The second-order valence-electron chi connectivity index (χ2n) is 4.69. The molecule has 1 fully saturated rings. The first-order valence-corrected chi connectivity index (χ1v) is 6.33. The quantitative estimate of drug-likeness (QED) is 0.909. The van der Waals surface area contributed by atoms with Crippen LogP contribution < -0.4 is 0 Å². The van der Waals surface area contributed by atoms with E-state index in [0.29, 0.717) is 0 Å². The molecule has 1 N–H and O–H groups in total. The van der Waals surface area contributed by atoms with Gasteiger partial charge in [-0.3, -0.25) is 4.79 Å². The number of ether oxygens (including phenoxy) is 1. The maximum absolute atomic E-state index is 12.9. The third kappa shape index (κ3) is 2.62. The summed E-state index contributed by atoms with van der Waals surface area (Å²) in [5.74, 6) is -1.14. The monoisotopic (exact) mass is 308 g/mol. The minimum absolute atomic E-state index is 0.116. The summed E-state index contributed by atoms with van der Waals surface area (Å²) in [5.41, 5.74) is -2.24. The Morgan fingerprint density at radius 2 is 1.90 bits per heavy atom. The van der Waals surface area contributed by atoms with Gasteiger partial charge in [0.25, 0.3) is 0 Å². The third-order valence-electron chi connectivity index (χ3n) is 3.58. The van der Waals surface area contributed by atoms with Gasteiger partial charge in [0.05, 0.1) is 16.0 Å². The number of halogens is 4. The van der Waals surface area contributed by atoms with Gasteiger partial charge in [0.15, 0.2) is 0 Å². The largest absolute Gasteiger partial charge is 0.481 e. The predicted octanol–water partition coefficient (Wildman–Crippen LogP) is 3.49. The Labute approximate surface area is 118 Å². The topological polar surface area (TPSA) is 46.5 Å². The van der Waals surface area contributed by atoms with Crippen LogP contribution in [0.4, 0.5) is 13.2 Å². The molecule has 2 rings (SSSR count). The minimum atomic E-state index is -4.61. The first-order valence-electron chi connectivity index (χ1n) is 5.96. The van der Waals surface area contributed by atoms with Crippen molar-refractivity contribution in [1.29, 1.82) is 0 Å².